The van der Waals surface area contributed by atoms with Crippen LogP contribution in [0.15, 0.2) is 30.5 Å². The van der Waals surface area contributed by atoms with Gasteiger partial charge in [-0.2, -0.15) is 4.98 Å². The summed E-state index contributed by atoms with van der Waals surface area (Å²) < 4.78 is 19.0. The molecule has 0 saturated heterocycles. The number of ether oxygens (including phenoxy) is 1. The lowest BCUT2D eigenvalue weighted by atomic mass is 10.2. The molecule has 1 heterocycles. The number of halogens is 1. The first kappa shape index (κ1) is 15.1. The number of rotatable bonds is 4. The van der Waals surface area contributed by atoms with E-state index in [0.717, 1.165) is 11.8 Å². The molecule has 0 atom stereocenters. The number of hydrogen-bond donors (Lipinski definition) is 2. The highest BCUT2D eigenvalue weighted by Gasteiger charge is 2.09. The maximum absolute atomic E-state index is 13.5. The molecule has 7 heteroatoms. The fraction of sp³-hybridized carbons (Fsp3) is 0.214. The summed E-state index contributed by atoms with van der Waals surface area (Å²) in [6, 6.07) is 7.96. The zero-order valence-electron chi connectivity index (χ0n) is 11.7. The molecule has 0 unspecified atom stereocenters. The Morgan fingerprint density at radius 1 is 1.33 bits per heavy atom. The Morgan fingerprint density at radius 2 is 2.05 bits per heavy atom. The van der Waals surface area contributed by atoms with E-state index in [2.05, 4.69) is 20.6 Å². The molecule has 0 saturated carbocycles. The quantitative estimate of drug-likeness (QED) is 0.846. The Morgan fingerprint density at radius 3 is 2.71 bits per heavy atom. The molecule has 1 aromatic heterocycles. The minimum Gasteiger partial charge on any atom is -0.459 e. The van der Waals surface area contributed by atoms with E-state index in [9.17, 15) is 4.39 Å². The van der Waals surface area contributed by atoms with Gasteiger partial charge in [0.05, 0.1) is 6.20 Å². The lowest BCUT2D eigenvalue weighted by Gasteiger charge is -2.09. The summed E-state index contributed by atoms with van der Waals surface area (Å²) in [6.07, 6.45) is 1.04. The monoisotopic (exact) mass is 306 g/mol. The number of aryl methyl sites for hydroxylation is 1. The summed E-state index contributed by atoms with van der Waals surface area (Å²) >= 11 is 4.90. The number of nitrogens with one attached hydrogen (secondary N) is 2. The van der Waals surface area contributed by atoms with Crippen LogP contribution in [-0.4, -0.2) is 22.1 Å². The molecule has 0 aliphatic rings. The van der Waals surface area contributed by atoms with Crippen LogP contribution < -0.4 is 15.4 Å². The molecule has 0 aliphatic carbocycles. The summed E-state index contributed by atoms with van der Waals surface area (Å²) in [6.45, 7) is 2.32. The molecular weight excluding hydrogens is 291 g/mol. The third-order valence-electron chi connectivity index (χ3n) is 2.67. The van der Waals surface area contributed by atoms with Crippen molar-refractivity contribution in [1.29, 1.82) is 0 Å². The zero-order chi connectivity index (χ0) is 15.2. The van der Waals surface area contributed by atoms with E-state index in [0.29, 0.717) is 6.61 Å². The number of benzene rings is 1. The first-order valence-corrected chi connectivity index (χ1v) is 6.69. The van der Waals surface area contributed by atoms with Gasteiger partial charge >= 0.3 is 6.01 Å². The number of nitrogens with zero attached hydrogens (tertiary/aromatic N) is 2. The Balaban J connectivity index is 2.04. The number of thiocarbonyl (C=S) groups is 1. The van der Waals surface area contributed by atoms with E-state index in [1.165, 1.54) is 5.56 Å². The molecule has 1 aromatic carbocycles. The van der Waals surface area contributed by atoms with E-state index in [1.54, 1.807) is 7.05 Å². The molecule has 0 amide bonds. The van der Waals surface area contributed by atoms with E-state index in [1.807, 2.05) is 31.2 Å². The summed E-state index contributed by atoms with van der Waals surface area (Å²) in [4.78, 5) is 7.74. The Hall–Kier alpha value is -2.28. The van der Waals surface area contributed by atoms with Crippen molar-refractivity contribution in [1.82, 2.24) is 15.3 Å². The van der Waals surface area contributed by atoms with E-state index >= 15 is 0 Å². The number of aromatic nitrogens is 2. The van der Waals surface area contributed by atoms with Crippen LogP contribution in [0.4, 0.5) is 10.2 Å². The third kappa shape index (κ3) is 4.35. The molecule has 110 valence electrons. The van der Waals surface area contributed by atoms with Gasteiger partial charge in [0.2, 0.25) is 0 Å². The van der Waals surface area contributed by atoms with Crippen molar-refractivity contribution in [2.75, 3.05) is 12.4 Å². The number of hydrogen-bond acceptors (Lipinski definition) is 4. The Labute approximate surface area is 127 Å². The molecule has 5 nitrogen and oxygen atoms in total. The molecule has 0 bridgehead atoms. The second kappa shape index (κ2) is 6.94. The van der Waals surface area contributed by atoms with Crippen molar-refractivity contribution in [2.45, 2.75) is 13.5 Å². The average molecular weight is 306 g/mol. The molecule has 0 fully saturated rings. The lowest BCUT2D eigenvalue weighted by Crippen LogP contribution is -2.25. The van der Waals surface area contributed by atoms with Gasteiger partial charge in [-0.3, -0.25) is 0 Å². The van der Waals surface area contributed by atoms with Crippen molar-refractivity contribution >= 4 is 23.1 Å². The standard InChI is InChI=1S/C14H15FN4OS/c1-9-3-5-10(6-4-9)8-20-13-17-7-11(15)12(18-13)19-14(21)16-2/h3-7H,8H2,1-2H3,(H2,16,17,18,19,21). The van der Waals surface area contributed by atoms with Gasteiger partial charge in [-0.05, 0) is 24.7 Å². The summed E-state index contributed by atoms with van der Waals surface area (Å²) in [7, 11) is 1.63. The first-order valence-electron chi connectivity index (χ1n) is 6.28. The van der Waals surface area contributed by atoms with Crippen LogP contribution in [0, 0.1) is 12.7 Å². The van der Waals surface area contributed by atoms with Crippen LogP contribution in [0.1, 0.15) is 11.1 Å². The smallest absolute Gasteiger partial charge is 0.318 e. The van der Waals surface area contributed by atoms with Gasteiger partial charge in [-0.1, -0.05) is 29.8 Å². The van der Waals surface area contributed by atoms with Gasteiger partial charge < -0.3 is 15.4 Å². The van der Waals surface area contributed by atoms with Crippen molar-refractivity contribution in [2.24, 2.45) is 0 Å². The molecule has 0 spiro atoms. The zero-order valence-corrected chi connectivity index (χ0v) is 12.5. The van der Waals surface area contributed by atoms with Crippen LogP contribution in [0.2, 0.25) is 0 Å². The van der Waals surface area contributed by atoms with Gasteiger partial charge in [0.15, 0.2) is 16.7 Å². The maximum Gasteiger partial charge on any atom is 0.318 e. The normalized spacial score (nSPS) is 10.0. The van der Waals surface area contributed by atoms with E-state index in [-0.39, 0.29) is 16.9 Å². The van der Waals surface area contributed by atoms with Gasteiger partial charge in [0, 0.05) is 7.05 Å². The summed E-state index contributed by atoms with van der Waals surface area (Å²) in [5, 5.41) is 5.56. The largest absolute Gasteiger partial charge is 0.459 e. The van der Waals surface area contributed by atoms with Crippen LogP contribution in [-0.2, 0) is 6.61 Å². The van der Waals surface area contributed by atoms with Crippen LogP contribution in [0.5, 0.6) is 6.01 Å². The Kier molecular flexibility index (Phi) is 4.99. The van der Waals surface area contributed by atoms with E-state index in [4.69, 9.17) is 17.0 Å². The van der Waals surface area contributed by atoms with Crippen molar-refractivity contribution in [3.05, 3.63) is 47.4 Å². The fourth-order valence-corrected chi connectivity index (χ4v) is 1.61. The highest BCUT2D eigenvalue weighted by atomic mass is 32.1. The van der Waals surface area contributed by atoms with Gasteiger partial charge in [0.25, 0.3) is 0 Å². The van der Waals surface area contributed by atoms with Crippen LogP contribution in [0.25, 0.3) is 0 Å². The highest BCUT2D eigenvalue weighted by Crippen LogP contribution is 2.14. The minimum atomic E-state index is -0.602. The second-order valence-electron chi connectivity index (χ2n) is 4.33. The van der Waals surface area contributed by atoms with Crippen LogP contribution >= 0.6 is 12.2 Å². The molecule has 21 heavy (non-hydrogen) atoms. The highest BCUT2D eigenvalue weighted by molar-refractivity contribution is 7.80. The molecule has 2 aromatic rings. The SMILES string of the molecule is CNC(=S)Nc1nc(OCc2ccc(C)cc2)ncc1F. The van der Waals surface area contributed by atoms with Crippen molar-refractivity contribution in [3.63, 3.8) is 0 Å². The molecular formula is C14H15FN4OS. The van der Waals surface area contributed by atoms with Gasteiger partial charge in [-0.25, -0.2) is 9.37 Å². The predicted molar refractivity (Wildman–Crippen MR) is 82.8 cm³/mol. The molecule has 2 N–H and O–H groups in total. The van der Waals surface area contributed by atoms with Crippen molar-refractivity contribution < 1.29 is 9.13 Å². The van der Waals surface area contributed by atoms with Gasteiger partial charge in [-0.15, -0.1) is 0 Å². The topological polar surface area (TPSA) is 59.1 Å². The average Bonchev–Trinajstić information content (AvgIpc) is 2.49. The number of anilines is 1. The summed E-state index contributed by atoms with van der Waals surface area (Å²) in [5.41, 5.74) is 2.15. The molecule has 2 rings (SSSR count). The van der Waals surface area contributed by atoms with E-state index < -0.39 is 5.82 Å². The lowest BCUT2D eigenvalue weighted by molar-refractivity contribution is 0.280. The Bertz CT molecular complexity index is 633. The first-order chi connectivity index (χ1) is 10.1. The summed E-state index contributed by atoms with van der Waals surface area (Å²) in [5.74, 6) is -0.626. The predicted octanol–water partition coefficient (Wildman–Crippen LogP) is 2.42. The third-order valence-corrected chi connectivity index (χ3v) is 2.98. The maximum atomic E-state index is 13.5. The second-order valence-corrected chi connectivity index (χ2v) is 4.74. The van der Waals surface area contributed by atoms with Crippen molar-refractivity contribution in [3.8, 4) is 6.01 Å². The minimum absolute atomic E-state index is 0.0248. The molecule has 0 aliphatic heterocycles. The molecule has 0 radical (unpaired) electrons. The van der Waals surface area contributed by atoms with Gasteiger partial charge in [0.1, 0.15) is 6.61 Å². The fourth-order valence-electron chi connectivity index (χ4n) is 1.51. The van der Waals surface area contributed by atoms with Crippen LogP contribution in [0.3, 0.4) is 0 Å².